The number of pyridine rings is 1. The first-order valence-electron chi connectivity index (χ1n) is 8.51. The second kappa shape index (κ2) is 10.9. The number of ether oxygens (including phenoxy) is 2. The zero-order valence-corrected chi connectivity index (χ0v) is 16.1. The topological polar surface area (TPSA) is 84.8 Å². The van der Waals surface area contributed by atoms with E-state index in [1.807, 2.05) is 0 Å². The van der Waals surface area contributed by atoms with Crippen molar-refractivity contribution in [2.24, 2.45) is 5.10 Å². The minimum Gasteiger partial charge on any atom is -0.493 e. The average molecular weight is 386 g/mol. The molecule has 27 heavy (non-hydrogen) atoms. The number of hydrogen-bond donors (Lipinski definition) is 2. The number of benzene rings is 1. The lowest BCUT2D eigenvalue weighted by molar-refractivity contribution is 0.0729. The molecule has 0 aliphatic rings. The number of thiocarbonyl (C=S) groups is 1. The monoisotopic (exact) mass is 386 g/mol. The minimum atomic E-state index is -0.506. The van der Waals surface area contributed by atoms with Crippen LogP contribution in [0.25, 0.3) is 0 Å². The van der Waals surface area contributed by atoms with Crippen molar-refractivity contribution < 1.29 is 14.3 Å². The van der Waals surface area contributed by atoms with Gasteiger partial charge in [0.15, 0.2) is 16.6 Å². The highest BCUT2D eigenvalue weighted by molar-refractivity contribution is 7.80. The zero-order valence-electron chi connectivity index (χ0n) is 15.3. The van der Waals surface area contributed by atoms with E-state index >= 15 is 0 Å². The molecule has 0 saturated heterocycles. The smallest absolute Gasteiger partial charge is 0.345 e. The number of hydrazone groups is 1. The molecule has 0 unspecified atom stereocenters. The normalized spacial score (nSPS) is 10.4. The van der Waals surface area contributed by atoms with Crippen LogP contribution in [0, 0.1) is 0 Å². The van der Waals surface area contributed by atoms with Gasteiger partial charge >= 0.3 is 5.97 Å². The van der Waals surface area contributed by atoms with Crippen molar-refractivity contribution in [1.82, 2.24) is 15.7 Å². The molecule has 0 amide bonds. The molecule has 1 aromatic carbocycles. The summed E-state index contributed by atoms with van der Waals surface area (Å²) in [5.41, 5.74) is 3.87. The first-order valence-corrected chi connectivity index (χ1v) is 8.92. The molecule has 0 aliphatic heterocycles. The van der Waals surface area contributed by atoms with Gasteiger partial charge in [0.2, 0.25) is 0 Å². The van der Waals surface area contributed by atoms with Crippen molar-refractivity contribution >= 4 is 29.5 Å². The molecule has 2 rings (SSSR count). The SMILES string of the molecule is CCCCNC(=S)N/N=C/c1ccc(OC(=O)c2cccnc2)c(OC)c1. The van der Waals surface area contributed by atoms with Gasteiger partial charge in [0, 0.05) is 18.9 Å². The number of esters is 1. The van der Waals surface area contributed by atoms with Crippen LogP contribution in [-0.2, 0) is 0 Å². The Kier molecular flexibility index (Phi) is 8.18. The largest absolute Gasteiger partial charge is 0.493 e. The predicted molar refractivity (Wildman–Crippen MR) is 108 cm³/mol. The second-order valence-electron chi connectivity index (χ2n) is 5.52. The van der Waals surface area contributed by atoms with Gasteiger partial charge in [-0.3, -0.25) is 10.4 Å². The van der Waals surface area contributed by atoms with Crippen molar-refractivity contribution in [1.29, 1.82) is 0 Å². The van der Waals surface area contributed by atoms with Gasteiger partial charge in [-0.25, -0.2) is 4.79 Å². The van der Waals surface area contributed by atoms with E-state index in [-0.39, 0.29) is 0 Å². The third-order valence-corrected chi connectivity index (χ3v) is 3.72. The maximum atomic E-state index is 12.1. The second-order valence-corrected chi connectivity index (χ2v) is 5.93. The Morgan fingerprint density at radius 1 is 1.33 bits per heavy atom. The number of hydrogen-bond acceptors (Lipinski definition) is 6. The molecule has 2 N–H and O–H groups in total. The minimum absolute atomic E-state index is 0.313. The van der Waals surface area contributed by atoms with E-state index in [2.05, 4.69) is 27.8 Å². The van der Waals surface area contributed by atoms with E-state index in [9.17, 15) is 4.79 Å². The summed E-state index contributed by atoms with van der Waals surface area (Å²) in [4.78, 5) is 16.1. The molecule has 0 saturated carbocycles. The number of aromatic nitrogens is 1. The number of unbranched alkanes of at least 4 members (excludes halogenated alkanes) is 1. The Morgan fingerprint density at radius 3 is 2.89 bits per heavy atom. The number of rotatable bonds is 8. The van der Waals surface area contributed by atoms with Crippen LogP contribution in [-0.4, -0.2) is 35.9 Å². The number of carbonyl (C=O) groups is 1. The highest BCUT2D eigenvalue weighted by Gasteiger charge is 2.12. The highest BCUT2D eigenvalue weighted by Crippen LogP contribution is 2.28. The van der Waals surface area contributed by atoms with Crippen LogP contribution in [0.3, 0.4) is 0 Å². The Hall–Kier alpha value is -3.00. The summed E-state index contributed by atoms with van der Waals surface area (Å²) in [7, 11) is 1.50. The Morgan fingerprint density at radius 2 is 2.19 bits per heavy atom. The van der Waals surface area contributed by atoms with E-state index in [4.69, 9.17) is 21.7 Å². The Balaban J connectivity index is 1.98. The molecule has 1 aromatic heterocycles. The molecule has 142 valence electrons. The fraction of sp³-hybridized carbons (Fsp3) is 0.263. The lowest BCUT2D eigenvalue weighted by atomic mass is 10.2. The van der Waals surface area contributed by atoms with E-state index in [0.29, 0.717) is 22.2 Å². The quantitative estimate of drug-likeness (QED) is 0.180. The molecule has 0 fully saturated rings. The Bertz CT molecular complexity index is 797. The molecule has 0 aliphatic carbocycles. The van der Waals surface area contributed by atoms with Gasteiger partial charge in [0.25, 0.3) is 0 Å². The third-order valence-electron chi connectivity index (χ3n) is 3.48. The number of carbonyl (C=O) groups excluding carboxylic acids is 1. The van der Waals surface area contributed by atoms with Gasteiger partial charge in [-0.15, -0.1) is 0 Å². The van der Waals surface area contributed by atoms with Gasteiger partial charge < -0.3 is 14.8 Å². The van der Waals surface area contributed by atoms with E-state index in [0.717, 1.165) is 24.9 Å². The van der Waals surface area contributed by atoms with E-state index < -0.39 is 5.97 Å². The van der Waals surface area contributed by atoms with Gasteiger partial charge in [-0.1, -0.05) is 13.3 Å². The van der Waals surface area contributed by atoms with Crippen molar-refractivity contribution in [3.05, 3.63) is 53.9 Å². The predicted octanol–water partition coefficient (Wildman–Crippen LogP) is 2.91. The fourth-order valence-electron chi connectivity index (χ4n) is 2.07. The van der Waals surface area contributed by atoms with Gasteiger partial charge in [0.1, 0.15) is 0 Å². The lowest BCUT2D eigenvalue weighted by Gasteiger charge is -2.10. The molecule has 7 nitrogen and oxygen atoms in total. The van der Waals surface area contributed by atoms with Crippen LogP contribution in [0.1, 0.15) is 35.7 Å². The van der Waals surface area contributed by atoms with E-state index in [1.54, 1.807) is 42.7 Å². The summed E-state index contributed by atoms with van der Waals surface area (Å²) in [5.74, 6) is 0.223. The summed E-state index contributed by atoms with van der Waals surface area (Å²) < 4.78 is 10.7. The van der Waals surface area contributed by atoms with Crippen LogP contribution < -0.4 is 20.2 Å². The first-order chi connectivity index (χ1) is 13.1. The summed E-state index contributed by atoms with van der Waals surface area (Å²) in [6.45, 7) is 2.92. The van der Waals surface area contributed by atoms with Crippen molar-refractivity contribution in [3.63, 3.8) is 0 Å². The van der Waals surface area contributed by atoms with E-state index in [1.165, 1.54) is 13.3 Å². The molecule has 0 atom stereocenters. The summed E-state index contributed by atoms with van der Waals surface area (Å²) in [5, 5.41) is 7.61. The number of nitrogens with one attached hydrogen (secondary N) is 2. The summed E-state index contributed by atoms with van der Waals surface area (Å²) in [6, 6.07) is 8.41. The molecule has 1 heterocycles. The van der Waals surface area contributed by atoms with Crippen LogP contribution in [0.15, 0.2) is 47.8 Å². The molecular weight excluding hydrogens is 364 g/mol. The van der Waals surface area contributed by atoms with Crippen LogP contribution >= 0.6 is 12.2 Å². The molecule has 0 spiro atoms. The molecule has 2 aromatic rings. The van der Waals surface area contributed by atoms with Crippen molar-refractivity contribution in [3.8, 4) is 11.5 Å². The van der Waals surface area contributed by atoms with Crippen LogP contribution in [0.2, 0.25) is 0 Å². The lowest BCUT2D eigenvalue weighted by Crippen LogP contribution is -2.32. The zero-order chi connectivity index (χ0) is 19.5. The fourth-order valence-corrected chi connectivity index (χ4v) is 2.23. The molecule has 0 bridgehead atoms. The average Bonchev–Trinajstić information content (AvgIpc) is 2.69. The number of methoxy groups -OCH3 is 1. The van der Waals surface area contributed by atoms with Gasteiger partial charge in [-0.2, -0.15) is 5.10 Å². The first kappa shape index (κ1) is 20.3. The van der Waals surface area contributed by atoms with Gasteiger partial charge in [0.05, 0.1) is 18.9 Å². The van der Waals surface area contributed by atoms with Crippen LogP contribution in [0.5, 0.6) is 11.5 Å². The molecular formula is C19H22N4O3S. The molecule has 0 radical (unpaired) electrons. The molecule has 8 heteroatoms. The maximum Gasteiger partial charge on any atom is 0.345 e. The summed E-state index contributed by atoms with van der Waals surface area (Å²) >= 11 is 5.12. The van der Waals surface area contributed by atoms with Crippen LogP contribution in [0.4, 0.5) is 0 Å². The van der Waals surface area contributed by atoms with Gasteiger partial charge in [-0.05, 0) is 54.5 Å². The Labute approximate surface area is 163 Å². The van der Waals surface area contributed by atoms with Crippen molar-refractivity contribution in [2.45, 2.75) is 19.8 Å². The highest BCUT2D eigenvalue weighted by atomic mass is 32.1. The number of nitrogens with zero attached hydrogens (tertiary/aromatic N) is 2. The standard InChI is InChI=1S/C19H22N4O3S/c1-3-4-10-21-19(27)23-22-12-14-7-8-16(17(11-14)25-2)26-18(24)15-6-5-9-20-13-15/h5-9,11-13H,3-4,10H2,1-2H3,(H2,21,23,27)/b22-12+. The summed E-state index contributed by atoms with van der Waals surface area (Å²) in [6.07, 6.45) is 6.77. The maximum absolute atomic E-state index is 12.1. The van der Waals surface area contributed by atoms with Crippen molar-refractivity contribution in [2.75, 3.05) is 13.7 Å². The third kappa shape index (κ3) is 6.67.